The van der Waals surface area contributed by atoms with Gasteiger partial charge in [0.15, 0.2) is 0 Å². The van der Waals surface area contributed by atoms with Crippen LogP contribution in [0.1, 0.15) is 31.2 Å². The molecule has 25 heavy (non-hydrogen) atoms. The second-order valence-electron chi connectivity index (χ2n) is 6.51. The summed E-state index contributed by atoms with van der Waals surface area (Å²) in [5.74, 6) is -0.0460. The molecule has 1 aliphatic carbocycles. The van der Waals surface area contributed by atoms with Crippen molar-refractivity contribution in [2.45, 2.75) is 38.3 Å². The number of halogens is 1. The third kappa shape index (κ3) is 4.79. The molecule has 1 heterocycles. The molecule has 2 amide bonds. The van der Waals surface area contributed by atoms with Crippen LogP contribution in [0.4, 0.5) is 9.18 Å². The summed E-state index contributed by atoms with van der Waals surface area (Å²) in [5, 5.41) is 15.2. The van der Waals surface area contributed by atoms with E-state index in [2.05, 4.69) is 15.6 Å². The van der Waals surface area contributed by atoms with Crippen molar-refractivity contribution in [2.24, 2.45) is 5.92 Å². The lowest BCUT2D eigenvalue weighted by molar-refractivity contribution is 0.101. The van der Waals surface area contributed by atoms with E-state index in [9.17, 15) is 14.3 Å². The zero-order valence-corrected chi connectivity index (χ0v) is 14.0. The molecule has 0 bridgehead atoms. The van der Waals surface area contributed by atoms with E-state index >= 15 is 0 Å². The van der Waals surface area contributed by atoms with Crippen molar-refractivity contribution in [2.75, 3.05) is 6.54 Å². The SMILES string of the molecule is O=C(NCc1ccc(-n2ccnc2)c(F)c1)NCC1CCCC(O)C1. The predicted molar refractivity (Wildman–Crippen MR) is 91.7 cm³/mol. The maximum absolute atomic E-state index is 14.2. The van der Waals surface area contributed by atoms with Gasteiger partial charge in [-0.25, -0.2) is 14.2 Å². The summed E-state index contributed by atoms with van der Waals surface area (Å²) in [6.07, 6.45) is 8.16. The van der Waals surface area contributed by atoms with Gasteiger partial charge in [-0.3, -0.25) is 0 Å². The summed E-state index contributed by atoms with van der Waals surface area (Å²) in [6.45, 7) is 0.803. The summed E-state index contributed by atoms with van der Waals surface area (Å²) in [4.78, 5) is 15.8. The number of hydrogen-bond donors (Lipinski definition) is 3. The van der Waals surface area contributed by atoms with E-state index in [-0.39, 0.29) is 24.5 Å². The van der Waals surface area contributed by atoms with Crippen LogP contribution in [0.2, 0.25) is 0 Å². The van der Waals surface area contributed by atoms with Gasteiger partial charge in [-0.2, -0.15) is 0 Å². The van der Waals surface area contributed by atoms with Crippen molar-refractivity contribution < 1.29 is 14.3 Å². The first-order valence-corrected chi connectivity index (χ1v) is 8.58. The summed E-state index contributed by atoms with van der Waals surface area (Å²) < 4.78 is 15.8. The molecule has 1 aromatic carbocycles. The Balaban J connectivity index is 1.46. The van der Waals surface area contributed by atoms with Crippen molar-refractivity contribution in [3.8, 4) is 5.69 Å². The summed E-state index contributed by atoms with van der Waals surface area (Å²) in [6, 6.07) is 4.57. The number of nitrogens with zero attached hydrogens (tertiary/aromatic N) is 2. The van der Waals surface area contributed by atoms with Gasteiger partial charge in [0.25, 0.3) is 0 Å². The molecule has 1 saturated carbocycles. The molecule has 1 aromatic heterocycles. The second kappa shape index (κ2) is 8.11. The Morgan fingerprint density at radius 2 is 2.24 bits per heavy atom. The Bertz CT molecular complexity index is 705. The lowest BCUT2D eigenvalue weighted by atomic mass is 9.87. The molecule has 7 heteroatoms. The first kappa shape index (κ1) is 17.4. The van der Waals surface area contributed by atoms with E-state index in [1.165, 1.54) is 12.4 Å². The van der Waals surface area contributed by atoms with Crippen molar-refractivity contribution in [3.05, 3.63) is 48.3 Å². The van der Waals surface area contributed by atoms with Crippen LogP contribution >= 0.6 is 0 Å². The molecule has 1 fully saturated rings. The smallest absolute Gasteiger partial charge is 0.315 e. The van der Waals surface area contributed by atoms with E-state index < -0.39 is 0 Å². The van der Waals surface area contributed by atoms with E-state index in [0.717, 1.165) is 25.7 Å². The fourth-order valence-corrected chi connectivity index (χ4v) is 3.20. The largest absolute Gasteiger partial charge is 0.393 e. The van der Waals surface area contributed by atoms with Gasteiger partial charge in [-0.15, -0.1) is 0 Å². The van der Waals surface area contributed by atoms with Gasteiger partial charge in [0.05, 0.1) is 18.1 Å². The molecule has 2 atom stereocenters. The molecule has 3 N–H and O–H groups in total. The zero-order chi connectivity index (χ0) is 17.6. The number of rotatable bonds is 5. The molecule has 0 radical (unpaired) electrons. The van der Waals surface area contributed by atoms with Crippen LogP contribution in [0.5, 0.6) is 0 Å². The molecular formula is C18H23FN4O2. The number of amides is 2. The molecule has 3 rings (SSSR count). The molecule has 2 aromatic rings. The Kier molecular flexibility index (Phi) is 5.65. The van der Waals surface area contributed by atoms with Crippen LogP contribution in [0.15, 0.2) is 36.9 Å². The molecule has 0 spiro atoms. The van der Waals surface area contributed by atoms with Crippen LogP contribution < -0.4 is 10.6 Å². The third-order valence-corrected chi connectivity index (χ3v) is 4.55. The van der Waals surface area contributed by atoms with Gasteiger partial charge >= 0.3 is 6.03 Å². The molecule has 1 aliphatic rings. The highest BCUT2D eigenvalue weighted by atomic mass is 19.1. The van der Waals surface area contributed by atoms with E-state index in [1.54, 1.807) is 29.1 Å². The minimum absolute atomic E-state index is 0.249. The lowest BCUT2D eigenvalue weighted by Gasteiger charge is -2.25. The molecule has 134 valence electrons. The Labute approximate surface area is 146 Å². The van der Waals surface area contributed by atoms with Crippen molar-refractivity contribution >= 4 is 6.03 Å². The normalized spacial score (nSPS) is 20.2. The minimum Gasteiger partial charge on any atom is -0.393 e. The number of carbonyl (C=O) groups is 1. The van der Waals surface area contributed by atoms with Gasteiger partial charge in [-0.1, -0.05) is 12.5 Å². The summed E-state index contributed by atoms with van der Waals surface area (Å²) in [7, 11) is 0. The Morgan fingerprint density at radius 1 is 1.36 bits per heavy atom. The van der Waals surface area contributed by atoms with Gasteiger partial charge in [0.2, 0.25) is 0 Å². The van der Waals surface area contributed by atoms with Crippen LogP contribution in [0.25, 0.3) is 5.69 Å². The fraction of sp³-hybridized carbons (Fsp3) is 0.444. The van der Waals surface area contributed by atoms with Crippen LogP contribution in [-0.4, -0.2) is 33.3 Å². The highest BCUT2D eigenvalue weighted by Gasteiger charge is 2.20. The monoisotopic (exact) mass is 346 g/mol. The van der Waals surface area contributed by atoms with Crippen LogP contribution in [-0.2, 0) is 6.54 Å². The first-order valence-electron chi connectivity index (χ1n) is 8.58. The summed E-state index contributed by atoms with van der Waals surface area (Å²) >= 11 is 0. The number of aliphatic hydroxyl groups is 1. The number of aromatic nitrogens is 2. The van der Waals surface area contributed by atoms with Crippen molar-refractivity contribution in [1.82, 2.24) is 20.2 Å². The zero-order valence-electron chi connectivity index (χ0n) is 14.0. The molecule has 0 aliphatic heterocycles. The number of aliphatic hydroxyl groups excluding tert-OH is 1. The Morgan fingerprint density at radius 3 is 2.96 bits per heavy atom. The summed E-state index contributed by atoms with van der Waals surface area (Å²) in [5.41, 5.74) is 1.10. The average molecular weight is 346 g/mol. The molecule has 2 unspecified atom stereocenters. The average Bonchev–Trinajstić information content (AvgIpc) is 3.12. The Hall–Kier alpha value is -2.41. The number of imidazole rings is 1. The van der Waals surface area contributed by atoms with Gasteiger partial charge in [0, 0.05) is 25.5 Å². The highest BCUT2D eigenvalue weighted by Crippen LogP contribution is 2.23. The maximum Gasteiger partial charge on any atom is 0.315 e. The second-order valence-corrected chi connectivity index (χ2v) is 6.51. The maximum atomic E-state index is 14.2. The predicted octanol–water partition coefficient (Wildman–Crippen LogP) is 2.36. The lowest BCUT2D eigenvalue weighted by Crippen LogP contribution is -2.39. The standard InChI is InChI=1S/C18H23FN4O2/c19-16-9-14(4-5-17(16)23-7-6-20-12-23)11-22-18(25)21-10-13-2-1-3-15(24)8-13/h4-7,9,12-13,15,24H,1-3,8,10-11H2,(H2,21,22,25). The van der Waals surface area contributed by atoms with Crippen LogP contribution in [0.3, 0.4) is 0 Å². The minimum atomic E-state index is -0.367. The number of hydrogen-bond acceptors (Lipinski definition) is 3. The van der Waals surface area contributed by atoms with Crippen molar-refractivity contribution in [1.29, 1.82) is 0 Å². The van der Waals surface area contributed by atoms with Crippen molar-refractivity contribution in [3.63, 3.8) is 0 Å². The number of urea groups is 1. The molecule has 6 nitrogen and oxygen atoms in total. The van der Waals surface area contributed by atoms with Gasteiger partial charge < -0.3 is 20.3 Å². The third-order valence-electron chi connectivity index (χ3n) is 4.55. The van der Waals surface area contributed by atoms with Gasteiger partial charge in [-0.05, 0) is 42.9 Å². The topological polar surface area (TPSA) is 79.2 Å². The number of nitrogens with one attached hydrogen (secondary N) is 2. The van der Waals surface area contributed by atoms with Crippen LogP contribution in [0, 0.1) is 11.7 Å². The van der Waals surface area contributed by atoms with E-state index in [1.807, 2.05) is 0 Å². The number of benzene rings is 1. The van der Waals surface area contributed by atoms with E-state index in [4.69, 9.17) is 0 Å². The molecular weight excluding hydrogens is 323 g/mol. The number of carbonyl (C=O) groups excluding carboxylic acids is 1. The highest BCUT2D eigenvalue weighted by molar-refractivity contribution is 5.73. The van der Waals surface area contributed by atoms with E-state index in [0.29, 0.717) is 23.7 Å². The fourth-order valence-electron chi connectivity index (χ4n) is 3.20. The first-order chi connectivity index (χ1) is 12.1. The molecule has 0 saturated heterocycles. The van der Waals surface area contributed by atoms with Gasteiger partial charge in [0.1, 0.15) is 5.82 Å². The quantitative estimate of drug-likeness (QED) is 0.778.